The van der Waals surface area contributed by atoms with Gasteiger partial charge >= 0.3 is 11.9 Å². The van der Waals surface area contributed by atoms with Crippen LogP contribution in [0.3, 0.4) is 0 Å². The summed E-state index contributed by atoms with van der Waals surface area (Å²) in [5.74, 6) is -5.17. The highest BCUT2D eigenvalue weighted by atomic mass is 32.2. The molecule has 0 aliphatic heterocycles. The number of hydrogen-bond donors (Lipinski definition) is 8. The molecule has 0 heterocycles. The van der Waals surface area contributed by atoms with Crippen molar-refractivity contribution in [2.45, 2.75) is 37.0 Å². The Morgan fingerprint density at radius 2 is 1.48 bits per heavy atom. The van der Waals surface area contributed by atoms with Gasteiger partial charge in [-0.3, -0.25) is 19.2 Å². The minimum atomic E-state index is -1.57. The zero-order chi connectivity index (χ0) is 22.6. The van der Waals surface area contributed by atoms with Crippen LogP contribution >= 0.6 is 24.4 Å². The molecule has 0 aliphatic carbocycles. The van der Waals surface area contributed by atoms with Gasteiger partial charge in [0.2, 0.25) is 17.7 Å². The molecular weight excluding hydrogens is 428 g/mol. The molecule has 14 heteroatoms. The van der Waals surface area contributed by atoms with Crippen molar-refractivity contribution in [2.24, 2.45) is 5.73 Å². The average molecular weight is 455 g/mol. The van der Waals surface area contributed by atoms with E-state index in [2.05, 4.69) is 28.6 Å². The van der Waals surface area contributed by atoms with Gasteiger partial charge in [0.05, 0.1) is 13.0 Å². The molecule has 0 aromatic rings. The number of carbonyl (C=O) groups excluding carboxylic acids is 3. The van der Waals surface area contributed by atoms with Gasteiger partial charge in [-0.2, -0.15) is 24.4 Å². The number of nitrogens with one attached hydrogen (secondary N) is 3. The number of amides is 3. The van der Waals surface area contributed by atoms with Gasteiger partial charge in [-0.05, 0) is 18.4 Å². The molecule has 0 bridgehead atoms. The second kappa shape index (κ2) is 14.0. The van der Waals surface area contributed by atoms with E-state index in [-0.39, 0.29) is 12.2 Å². The number of nitrogens with two attached hydrogens (primary N) is 1. The van der Waals surface area contributed by atoms with Gasteiger partial charge in [0.1, 0.15) is 24.2 Å². The van der Waals surface area contributed by atoms with Crippen molar-refractivity contribution in [3.8, 4) is 0 Å². The summed E-state index contributed by atoms with van der Waals surface area (Å²) < 4.78 is 0. The first-order valence-corrected chi connectivity index (χ1v) is 10.4. The highest BCUT2D eigenvalue weighted by molar-refractivity contribution is 7.98. The van der Waals surface area contributed by atoms with Crippen LogP contribution in [0.1, 0.15) is 12.8 Å². The molecule has 3 amide bonds. The number of hydrogen-bond acceptors (Lipinski definition) is 9. The second-order valence-corrected chi connectivity index (χ2v) is 7.22. The average Bonchev–Trinajstić information content (AvgIpc) is 2.66. The minimum Gasteiger partial charge on any atom is -0.481 e. The fourth-order valence-corrected chi connectivity index (χ4v) is 2.71. The Labute approximate surface area is 176 Å². The molecule has 4 atom stereocenters. The van der Waals surface area contributed by atoms with Crippen molar-refractivity contribution in [1.29, 1.82) is 0 Å². The zero-order valence-corrected chi connectivity index (χ0v) is 17.4. The van der Waals surface area contributed by atoms with Gasteiger partial charge in [-0.25, -0.2) is 4.79 Å². The van der Waals surface area contributed by atoms with E-state index in [4.69, 9.17) is 15.9 Å². The van der Waals surface area contributed by atoms with Crippen molar-refractivity contribution in [3.05, 3.63) is 0 Å². The maximum Gasteiger partial charge on any atom is 0.326 e. The van der Waals surface area contributed by atoms with Crippen LogP contribution < -0.4 is 21.7 Å². The quantitative estimate of drug-likeness (QED) is 0.125. The van der Waals surface area contributed by atoms with E-state index in [1.165, 1.54) is 11.8 Å². The fraction of sp³-hybridized carbons (Fsp3) is 0.667. The SMILES string of the molecule is CSCCC(NC(=O)C(CS)NC(=O)C(CC(=O)O)NC(=O)C(N)CO)C(=O)O. The lowest BCUT2D eigenvalue weighted by molar-refractivity contribution is -0.143. The molecule has 12 nitrogen and oxygen atoms in total. The van der Waals surface area contributed by atoms with E-state index in [0.29, 0.717) is 5.75 Å². The molecule has 0 aromatic carbocycles. The standard InChI is InChI=1S/C15H26N4O8S2/c1-29-3-2-8(15(26)27)17-14(25)10(6-28)19-13(24)9(4-11(21)22)18-12(23)7(16)5-20/h7-10,20,28H,2-6,16H2,1H3,(H,17,25)(H,18,23)(H,19,24)(H,21,22)(H,26,27). The largest absolute Gasteiger partial charge is 0.481 e. The summed E-state index contributed by atoms with van der Waals surface area (Å²) in [6, 6.07) is -5.39. The molecular formula is C15H26N4O8S2. The summed E-state index contributed by atoms with van der Waals surface area (Å²) in [6.45, 7) is -0.721. The smallest absolute Gasteiger partial charge is 0.326 e. The Balaban J connectivity index is 5.16. The Morgan fingerprint density at radius 3 is 1.93 bits per heavy atom. The van der Waals surface area contributed by atoms with Gasteiger partial charge in [-0.1, -0.05) is 0 Å². The zero-order valence-electron chi connectivity index (χ0n) is 15.7. The van der Waals surface area contributed by atoms with Gasteiger partial charge in [0, 0.05) is 5.75 Å². The molecule has 0 radical (unpaired) electrons. The van der Waals surface area contributed by atoms with E-state index in [1.54, 1.807) is 6.26 Å². The highest BCUT2D eigenvalue weighted by Gasteiger charge is 2.30. The first kappa shape index (κ1) is 27.0. The van der Waals surface area contributed by atoms with Crippen LogP contribution in [0.15, 0.2) is 0 Å². The molecule has 0 rings (SSSR count). The topological polar surface area (TPSA) is 208 Å². The molecule has 0 aromatic heterocycles. The van der Waals surface area contributed by atoms with Crippen molar-refractivity contribution in [1.82, 2.24) is 16.0 Å². The number of aliphatic hydroxyl groups is 1. The normalized spacial score (nSPS) is 14.8. The highest BCUT2D eigenvalue weighted by Crippen LogP contribution is 2.03. The number of aliphatic carboxylic acids is 2. The Kier molecular flexibility index (Phi) is 13.0. The van der Waals surface area contributed by atoms with E-state index >= 15 is 0 Å². The van der Waals surface area contributed by atoms with E-state index in [9.17, 15) is 29.1 Å². The number of carboxylic acid groups (broad SMARTS) is 2. The number of carbonyl (C=O) groups is 5. The molecule has 8 N–H and O–H groups in total. The summed E-state index contributed by atoms with van der Waals surface area (Å²) in [4.78, 5) is 58.6. The molecule has 0 saturated carbocycles. The first-order valence-electron chi connectivity index (χ1n) is 8.39. The summed E-state index contributed by atoms with van der Waals surface area (Å²) in [5.41, 5.74) is 5.32. The third-order valence-electron chi connectivity index (χ3n) is 3.59. The van der Waals surface area contributed by atoms with Crippen molar-refractivity contribution in [3.63, 3.8) is 0 Å². The van der Waals surface area contributed by atoms with Crippen LogP contribution in [0.5, 0.6) is 0 Å². The molecule has 29 heavy (non-hydrogen) atoms. The van der Waals surface area contributed by atoms with Gasteiger partial charge in [-0.15, -0.1) is 0 Å². The van der Waals surface area contributed by atoms with Gasteiger partial charge in [0.25, 0.3) is 0 Å². The number of aliphatic hydroxyl groups excluding tert-OH is 1. The van der Waals surface area contributed by atoms with Crippen LogP contribution in [0.4, 0.5) is 0 Å². The Hall–Kier alpha value is -2.03. The van der Waals surface area contributed by atoms with Crippen molar-refractivity contribution >= 4 is 54.1 Å². The third-order valence-corrected chi connectivity index (χ3v) is 4.60. The van der Waals surface area contributed by atoms with Crippen LogP contribution in [-0.4, -0.2) is 93.5 Å². The van der Waals surface area contributed by atoms with Crippen LogP contribution in [0.25, 0.3) is 0 Å². The fourth-order valence-electron chi connectivity index (χ4n) is 1.98. The number of thioether (sulfide) groups is 1. The van der Waals surface area contributed by atoms with E-state index in [0.717, 1.165) is 0 Å². The van der Waals surface area contributed by atoms with E-state index in [1.807, 2.05) is 0 Å². The maximum atomic E-state index is 12.4. The first-order chi connectivity index (χ1) is 13.6. The summed E-state index contributed by atoms with van der Waals surface area (Å²) >= 11 is 5.34. The summed E-state index contributed by atoms with van der Waals surface area (Å²) in [5, 5.41) is 33.6. The van der Waals surface area contributed by atoms with Crippen molar-refractivity contribution in [2.75, 3.05) is 24.4 Å². The molecule has 166 valence electrons. The maximum absolute atomic E-state index is 12.4. The minimum absolute atomic E-state index is 0.159. The Bertz CT molecular complexity index is 607. The number of rotatable bonds is 14. The third kappa shape index (κ3) is 10.3. The summed E-state index contributed by atoms with van der Waals surface area (Å²) in [6.07, 6.45) is 1.13. The lowest BCUT2D eigenvalue weighted by Crippen LogP contribution is -2.58. The van der Waals surface area contributed by atoms with Crippen LogP contribution in [0.2, 0.25) is 0 Å². The Morgan fingerprint density at radius 1 is 0.966 bits per heavy atom. The van der Waals surface area contributed by atoms with Gasteiger partial charge in [0.15, 0.2) is 0 Å². The van der Waals surface area contributed by atoms with Crippen LogP contribution in [-0.2, 0) is 24.0 Å². The molecule has 0 saturated heterocycles. The number of thiol groups is 1. The predicted molar refractivity (Wildman–Crippen MR) is 108 cm³/mol. The molecule has 0 aliphatic rings. The van der Waals surface area contributed by atoms with E-state index < -0.39 is 66.9 Å². The lowest BCUT2D eigenvalue weighted by Gasteiger charge is -2.23. The molecule has 0 fully saturated rings. The monoisotopic (exact) mass is 454 g/mol. The molecule has 4 unspecified atom stereocenters. The predicted octanol–water partition coefficient (Wildman–Crippen LogP) is -3.00. The second-order valence-electron chi connectivity index (χ2n) is 5.87. The number of carboxylic acids is 2. The molecule has 0 spiro atoms. The summed E-state index contributed by atoms with van der Waals surface area (Å²) in [7, 11) is 0. The van der Waals surface area contributed by atoms with Crippen LogP contribution in [0, 0.1) is 0 Å². The lowest BCUT2D eigenvalue weighted by atomic mass is 10.1. The van der Waals surface area contributed by atoms with Crippen molar-refractivity contribution < 1.29 is 39.3 Å². The van der Waals surface area contributed by atoms with Gasteiger partial charge < -0.3 is 37.0 Å².